The van der Waals surface area contributed by atoms with Gasteiger partial charge in [-0.05, 0) is 42.3 Å². The third-order valence-corrected chi connectivity index (χ3v) is 7.66. The van der Waals surface area contributed by atoms with Gasteiger partial charge in [-0.1, -0.05) is 35.3 Å². The predicted octanol–water partition coefficient (Wildman–Crippen LogP) is 6.84. The zero-order chi connectivity index (χ0) is 26.3. The van der Waals surface area contributed by atoms with E-state index in [2.05, 4.69) is 5.32 Å². The summed E-state index contributed by atoms with van der Waals surface area (Å²) in [5.74, 6) is -5.05. The maximum atomic E-state index is 14.9. The summed E-state index contributed by atoms with van der Waals surface area (Å²) in [6, 6.07) is 3.12. The molecular formula is C22H16Cl2F7NO2S. The molecule has 0 aromatic heterocycles. The first-order valence-electron chi connectivity index (χ1n) is 9.85. The molecule has 1 aliphatic rings. The second kappa shape index (κ2) is 10.1. The number of hydrogen-bond donors (Lipinski definition) is 1. The number of carbonyl (C=O) groups excluding carboxylic acids is 1. The van der Waals surface area contributed by atoms with Gasteiger partial charge in [0.05, 0.1) is 27.2 Å². The Bertz CT molecular complexity index is 1180. The van der Waals surface area contributed by atoms with Crippen LogP contribution in [0, 0.1) is 6.92 Å². The van der Waals surface area contributed by atoms with Gasteiger partial charge in [-0.3, -0.25) is 9.00 Å². The third-order valence-electron chi connectivity index (χ3n) is 5.21. The molecule has 3 rings (SSSR count). The lowest BCUT2D eigenvalue weighted by Gasteiger charge is -2.26. The lowest BCUT2D eigenvalue weighted by atomic mass is 9.94. The van der Waals surface area contributed by atoms with E-state index < -0.39 is 69.1 Å². The smallest absolute Gasteiger partial charge is 0.347 e. The fourth-order valence-electron chi connectivity index (χ4n) is 3.43. The molecule has 0 bridgehead atoms. The van der Waals surface area contributed by atoms with Crippen LogP contribution in [0.25, 0.3) is 5.83 Å². The number of rotatable bonds is 5. The van der Waals surface area contributed by atoms with Crippen molar-refractivity contribution in [3.8, 4) is 0 Å². The summed E-state index contributed by atoms with van der Waals surface area (Å²) in [7, 11) is -1.16. The molecule has 1 heterocycles. The van der Waals surface area contributed by atoms with Gasteiger partial charge in [0.15, 0.2) is 0 Å². The largest absolute Gasteiger partial charge is 0.417 e. The molecular weight excluding hydrogens is 546 g/mol. The molecule has 1 N–H and O–H groups in total. The van der Waals surface area contributed by atoms with Crippen LogP contribution in [-0.4, -0.2) is 33.8 Å². The number of carbonyl (C=O) groups is 1. The van der Waals surface area contributed by atoms with E-state index in [1.165, 1.54) is 6.92 Å². The number of benzene rings is 2. The summed E-state index contributed by atoms with van der Waals surface area (Å²) in [6.07, 6.45) is -9.97. The van der Waals surface area contributed by atoms with Crippen molar-refractivity contribution in [1.29, 1.82) is 0 Å². The minimum atomic E-state index is -5.10. The highest BCUT2D eigenvalue weighted by molar-refractivity contribution is 7.86. The number of allylic oxidation sites excluding steroid dienone is 1. The lowest BCUT2D eigenvalue weighted by molar-refractivity contribution is -0.140. The first kappa shape index (κ1) is 27.5. The van der Waals surface area contributed by atoms with Crippen molar-refractivity contribution in [2.75, 3.05) is 11.5 Å². The Morgan fingerprint density at radius 3 is 2.26 bits per heavy atom. The Hall–Kier alpha value is -2.11. The van der Waals surface area contributed by atoms with E-state index in [-0.39, 0.29) is 39.3 Å². The molecule has 0 aliphatic carbocycles. The summed E-state index contributed by atoms with van der Waals surface area (Å²) in [5, 5.41) is 2.11. The topological polar surface area (TPSA) is 46.2 Å². The maximum absolute atomic E-state index is 14.9. The van der Waals surface area contributed by atoms with Crippen molar-refractivity contribution >= 4 is 45.7 Å². The Morgan fingerprint density at radius 1 is 1.11 bits per heavy atom. The maximum Gasteiger partial charge on any atom is 0.417 e. The molecule has 0 saturated carbocycles. The SMILES string of the molecule is Cc1cc(C(/C=C(\F)c2ccc(C(=O)NC3CS(=O)C3)c(C(F)(F)F)c2)C(F)(F)F)cc(Cl)c1Cl. The number of aryl methyl sites for hydroxylation is 1. The van der Waals surface area contributed by atoms with E-state index in [0.29, 0.717) is 6.07 Å². The van der Waals surface area contributed by atoms with Gasteiger partial charge >= 0.3 is 12.4 Å². The van der Waals surface area contributed by atoms with Gasteiger partial charge in [0.25, 0.3) is 5.91 Å². The molecule has 1 saturated heterocycles. The molecule has 2 aromatic rings. The van der Waals surface area contributed by atoms with E-state index in [1.807, 2.05) is 0 Å². The molecule has 3 nitrogen and oxygen atoms in total. The van der Waals surface area contributed by atoms with Crippen LogP contribution >= 0.6 is 23.2 Å². The number of alkyl halides is 6. The quantitative estimate of drug-likeness (QED) is 0.406. The Labute approximate surface area is 207 Å². The van der Waals surface area contributed by atoms with Gasteiger partial charge in [0, 0.05) is 27.9 Å². The van der Waals surface area contributed by atoms with Gasteiger partial charge in [-0.25, -0.2) is 4.39 Å². The van der Waals surface area contributed by atoms with Crippen molar-refractivity contribution in [3.63, 3.8) is 0 Å². The third kappa shape index (κ3) is 6.37. The number of nitrogens with one attached hydrogen (secondary N) is 1. The van der Waals surface area contributed by atoms with Gasteiger partial charge in [-0.2, -0.15) is 26.3 Å². The van der Waals surface area contributed by atoms with Gasteiger partial charge < -0.3 is 5.32 Å². The van der Waals surface area contributed by atoms with E-state index in [1.54, 1.807) is 0 Å². The first-order chi connectivity index (χ1) is 16.1. The molecule has 1 fully saturated rings. The van der Waals surface area contributed by atoms with Crippen molar-refractivity contribution in [1.82, 2.24) is 5.32 Å². The Kier molecular flexibility index (Phi) is 7.93. The zero-order valence-corrected chi connectivity index (χ0v) is 20.0. The molecule has 1 aliphatic heterocycles. The minimum Gasteiger partial charge on any atom is -0.347 e. The standard InChI is InChI=1S/C22H16Cl2F7NO2S/c1-10-4-12(6-17(23)19(10)24)15(21(26,27)28)7-18(25)11-2-3-14(16(5-11)22(29,30)31)20(33)32-13-8-35(34)9-13/h2-7,13,15H,8-9H2,1H3,(H,32,33)/b18-7-. The summed E-state index contributed by atoms with van der Waals surface area (Å²) in [4.78, 5) is 12.3. The highest BCUT2D eigenvalue weighted by Gasteiger charge is 2.41. The second-order valence-corrected chi connectivity index (χ2v) is 10.2. The molecule has 13 heteroatoms. The lowest BCUT2D eigenvalue weighted by Crippen LogP contribution is -2.50. The molecule has 35 heavy (non-hydrogen) atoms. The van der Waals surface area contributed by atoms with Crippen LogP contribution in [0.1, 0.15) is 38.5 Å². The minimum absolute atomic E-state index is 0.0117. The van der Waals surface area contributed by atoms with Gasteiger partial charge in [0.2, 0.25) is 0 Å². The zero-order valence-electron chi connectivity index (χ0n) is 17.7. The molecule has 0 radical (unpaired) electrons. The summed E-state index contributed by atoms with van der Waals surface area (Å²) < 4.78 is 108. The number of halogens is 9. The Balaban J connectivity index is 2.01. The molecule has 1 unspecified atom stereocenters. The molecule has 2 aromatic carbocycles. The monoisotopic (exact) mass is 561 g/mol. The van der Waals surface area contributed by atoms with Crippen molar-refractivity contribution in [2.45, 2.75) is 31.2 Å². The molecule has 190 valence electrons. The first-order valence-corrected chi connectivity index (χ1v) is 12.1. The Morgan fingerprint density at radius 2 is 1.74 bits per heavy atom. The molecule has 1 atom stereocenters. The summed E-state index contributed by atoms with van der Waals surface area (Å²) in [5.41, 5.74) is -3.42. The fraction of sp³-hybridized carbons (Fsp3) is 0.318. The van der Waals surface area contributed by atoms with Crippen LogP contribution in [0.5, 0.6) is 0 Å². The summed E-state index contributed by atoms with van der Waals surface area (Å²) >= 11 is 11.7. The van der Waals surface area contributed by atoms with Crippen molar-refractivity contribution in [3.05, 3.63) is 74.3 Å². The van der Waals surface area contributed by atoms with Crippen LogP contribution < -0.4 is 5.32 Å². The van der Waals surface area contributed by atoms with E-state index >= 15 is 0 Å². The molecule has 1 amide bonds. The van der Waals surface area contributed by atoms with Crippen molar-refractivity contribution in [2.24, 2.45) is 0 Å². The predicted molar refractivity (Wildman–Crippen MR) is 120 cm³/mol. The van der Waals surface area contributed by atoms with E-state index in [0.717, 1.165) is 18.2 Å². The van der Waals surface area contributed by atoms with Gasteiger partial charge in [-0.15, -0.1) is 0 Å². The average Bonchev–Trinajstić information content (AvgIpc) is 2.72. The number of hydrogen-bond acceptors (Lipinski definition) is 2. The van der Waals surface area contributed by atoms with Crippen LogP contribution in [0.2, 0.25) is 10.0 Å². The second-order valence-electron chi connectivity index (χ2n) is 7.87. The van der Waals surface area contributed by atoms with Crippen LogP contribution in [0.4, 0.5) is 30.7 Å². The van der Waals surface area contributed by atoms with Crippen LogP contribution in [0.3, 0.4) is 0 Å². The van der Waals surface area contributed by atoms with Gasteiger partial charge in [0.1, 0.15) is 11.7 Å². The fourth-order valence-corrected chi connectivity index (χ4v) is 4.78. The highest BCUT2D eigenvalue weighted by Crippen LogP contribution is 2.42. The average molecular weight is 562 g/mol. The normalized spacial score (nSPS) is 19.8. The highest BCUT2D eigenvalue weighted by atomic mass is 35.5. The van der Waals surface area contributed by atoms with E-state index in [4.69, 9.17) is 23.2 Å². The van der Waals surface area contributed by atoms with Crippen LogP contribution in [0.15, 0.2) is 36.4 Å². The molecule has 0 spiro atoms. The van der Waals surface area contributed by atoms with Crippen LogP contribution in [-0.2, 0) is 17.0 Å². The number of amides is 1. The van der Waals surface area contributed by atoms with E-state index in [9.17, 15) is 39.7 Å². The summed E-state index contributed by atoms with van der Waals surface area (Å²) in [6.45, 7) is 1.39. The van der Waals surface area contributed by atoms with Crippen molar-refractivity contribution < 1.29 is 39.7 Å².